The Morgan fingerprint density at radius 1 is 1.02 bits per heavy atom. The molecule has 0 aromatic heterocycles. The van der Waals surface area contributed by atoms with Gasteiger partial charge in [-0.3, -0.25) is 20.9 Å². The van der Waals surface area contributed by atoms with Crippen molar-refractivity contribution in [3.8, 4) is 5.75 Å². The Labute approximate surface area is 281 Å². The SMILES string of the molecule is CC(=CCc1c(C)c(NN=C2C=CC(=N)C(=S(=O)=O)C2[N+](=O)[O-])c2ccccc2c1O)CCCC(C)CCCC(C)CCCC(C)C. The van der Waals surface area contributed by atoms with Crippen LogP contribution in [0.15, 0.2) is 53.2 Å². The lowest BCUT2D eigenvalue weighted by molar-refractivity contribution is -0.483. The first kappa shape index (κ1) is 37.7. The number of phenolic OH excluding ortho intramolecular Hbond substituents is 1. The summed E-state index contributed by atoms with van der Waals surface area (Å²) in [6.45, 7) is 13.3. The van der Waals surface area contributed by atoms with Crippen LogP contribution in [0, 0.1) is 40.2 Å². The zero-order valence-corrected chi connectivity index (χ0v) is 29.6. The van der Waals surface area contributed by atoms with Gasteiger partial charge in [0.1, 0.15) is 11.5 Å². The summed E-state index contributed by atoms with van der Waals surface area (Å²) in [5.41, 5.74) is 5.65. The van der Waals surface area contributed by atoms with Crippen LogP contribution in [0.4, 0.5) is 5.69 Å². The summed E-state index contributed by atoms with van der Waals surface area (Å²) in [5, 5.41) is 36.5. The van der Waals surface area contributed by atoms with E-state index in [0.717, 1.165) is 35.8 Å². The maximum Gasteiger partial charge on any atom is 0.297 e. The molecule has 3 rings (SSSR count). The Balaban J connectivity index is 1.69. The quantitative estimate of drug-likeness (QED) is 0.0506. The van der Waals surface area contributed by atoms with Crippen LogP contribution < -0.4 is 5.43 Å². The Morgan fingerprint density at radius 2 is 1.62 bits per heavy atom. The highest BCUT2D eigenvalue weighted by atomic mass is 32.2. The van der Waals surface area contributed by atoms with Gasteiger partial charge in [0.15, 0.2) is 4.86 Å². The van der Waals surface area contributed by atoms with Gasteiger partial charge in [0.25, 0.3) is 6.04 Å². The van der Waals surface area contributed by atoms with Crippen molar-refractivity contribution in [3.05, 3.63) is 69.3 Å². The van der Waals surface area contributed by atoms with Gasteiger partial charge in [-0.1, -0.05) is 109 Å². The van der Waals surface area contributed by atoms with Crippen molar-refractivity contribution in [1.29, 1.82) is 5.41 Å². The fraction of sp³-hybridized carbons (Fsp3) is 0.541. The number of anilines is 1. The van der Waals surface area contributed by atoms with Crippen LogP contribution in [0.5, 0.6) is 5.75 Å². The van der Waals surface area contributed by atoms with Crippen molar-refractivity contribution in [1.82, 2.24) is 0 Å². The summed E-state index contributed by atoms with van der Waals surface area (Å²) in [4.78, 5) is 10.4. The van der Waals surface area contributed by atoms with Gasteiger partial charge in [-0.15, -0.1) is 0 Å². The third kappa shape index (κ3) is 10.6. The largest absolute Gasteiger partial charge is 0.507 e. The molecule has 0 fully saturated rings. The van der Waals surface area contributed by atoms with E-state index in [1.807, 2.05) is 31.2 Å². The van der Waals surface area contributed by atoms with Crippen LogP contribution >= 0.6 is 0 Å². The number of hydrogen-bond donors (Lipinski definition) is 3. The molecule has 2 aromatic carbocycles. The normalized spacial score (nSPS) is 17.5. The van der Waals surface area contributed by atoms with Gasteiger partial charge in [0, 0.05) is 21.3 Å². The molecule has 3 unspecified atom stereocenters. The Hall–Kier alpha value is -3.79. The van der Waals surface area contributed by atoms with Gasteiger partial charge in [-0.25, -0.2) is 0 Å². The van der Waals surface area contributed by atoms with Crippen molar-refractivity contribution in [3.63, 3.8) is 0 Å². The number of rotatable bonds is 17. The molecule has 3 N–H and O–H groups in total. The number of fused-ring (bicyclic) bond motifs is 1. The zero-order valence-electron chi connectivity index (χ0n) is 28.8. The number of aromatic hydroxyl groups is 1. The van der Waals surface area contributed by atoms with E-state index in [2.05, 4.69) is 51.2 Å². The lowest BCUT2D eigenvalue weighted by Gasteiger charge is -2.18. The molecular formula is C37H52N4O5S. The topological polar surface area (TPSA) is 146 Å². The lowest BCUT2D eigenvalue weighted by Crippen LogP contribution is -2.43. The summed E-state index contributed by atoms with van der Waals surface area (Å²) >= 11 is 0. The number of nitrogens with zero attached hydrogens (tertiary/aromatic N) is 2. The summed E-state index contributed by atoms with van der Waals surface area (Å²) in [7, 11) is -2.95. The average Bonchev–Trinajstić information content (AvgIpc) is 3.00. The van der Waals surface area contributed by atoms with E-state index < -0.39 is 31.8 Å². The molecule has 0 amide bonds. The minimum Gasteiger partial charge on any atom is -0.507 e. The van der Waals surface area contributed by atoms with E-state index in [9.17, 15) is 23.6 Å². The molecule has 47 heavy (non-hydrogen) atoms. The summed E-state index contributed by atoms with van der Waals surface area (Å²) in [6, 6.07) is 5.50. The monoisotopic (exact) mass is 664 g/mol. The highest BCUT2D eigenvalue weighted by Crippen LogP contribution is 2.39. The van der Waals surface area contributed by atoms with Crippen LogP contribution in [0.25, 0.3) is 10.8 Å². The smallest absolute Gasteiger partial charge is 0.297 e. The highest BCUT2D eigenvalue weighted by Gasteiger charge is 2.38. The molecule has 1 aliphatic rings. The molecule has 1 aliphatic carbocycles. The van der Waals surface area contributed by atoms with Gasteiger partial charge in [0.2, 0.25) is 10.3 Å². The number of nitro groups is 1. The van der Waals surface area contributed by atoms with Gasteiger partial charge in [0.05, 0.1) is 11.4 Å². The van der Waals surface area contributed by atoms with E-state index >= 15 is 0 Å². The number of phenols is 1. The summed E-state index contributed by atoms with van der Waals surface area (Å²) < 4.78 is 23.4. The molecule has 9 nitrogen and oxygen atoms in total. The standard InChI is InChI=1S/C37H52N4O5S/c1-24(2)12-9-13-25(3)14-10-15-26(4)16-11-17-27(5)20-21-29-28(6)34(30-18-7-8-19-31(30)36(29)42)40-39-33-23-22-32(38)37(47(45)46)35(33)41(43)44/h7-8,18-20,22-26,35,38,40,42H,9-17,21H2,1-6H3. The molecule has 0 heterocycles. The Kier molecular flexibility index (Phi) is 14.4. The van der Waals surface area contributed by atoms with Crippen molar-refractivity contribution >= 4 is 43.0 Å². The van der Waals surface area contributed by atoms with E-state index in [4.69, 9.17) is 5.41 Å². The second-order valence-electron chi connectivity index (χ2n) is 13.7. The van der Waals surface area contributed by atoms with E-state index in [1.54, 1.807) is 0 Å². The third-order valence-corrected chi connectivity index (χ3v) is 10.1. The molecule has 0 spiro atoms. The molecule has 0 bridgehead atoms. The van der Waals surface area contributed by atoms with Crippen LogP contribution in [0.2, 0.25) is 0 Å². The lowest BCUT2D eigenvalue weighted by atomic mass is 9.91. The third-order valence-electron chi connectivity index (χ3n) is 9.26. The molecule has 3 atom stereocenters. The molecule has 0 saturated carbocycles. The molecule has 0 saturated heterocycles. The van der Waals surface area contributed by atoms with Crippen molar-refractivity contribution < 1.29 is 18.4 Å². The maximum absolute atomic E-state index is 11.8. The maximum atomic E-state index is 11.8. The molecular weight excluding hydrogens is 612 g/mol. The van der Waals surface area contributed by atoms with E-state index in [1.165, 1.54) is 62.7 Å². The highest BCUT2D eigenvalue weighted by molar-refractivity contribution is 7.75. The van der Waals surface area contributed by atoms with Crippen molar-refractivity contribution in [2.45, 2.75) is 112 Å². The van der Waals surface area contributed by atoms with Crippen molar-refractivity contribution in [2.75, 3.05) is 5.43 Å². The first-order valence-electron chi connectivity index (χ1n) is 16.9. The van der Waals surface area contributed by atoms with Gasteiger partial charge >= 0.3 is 0 Å². The first-order valence-corrected chi connectivity index (χ1v) is 18.0. The summed E-state index contributed by atoms with van der Waals surface area (Å²) in [5.74, 6) is 2.49. The number of hydrazone groups is 1. The number of nitrogens with one attached hydrogen (secondary N) is 2. The number of allylic oxidation sites excluding steroid dienone is 3. The predicted molar refractivity (Wildman–Crippen MR) is 195 cm³/mol. The summed E-state index contributed by atoms with van der Waals surface area (Å²) in [6.07, 6.45) is 16.3. The van der Waals surface area contributed by atoms with Crippen LogP contribution in [-0.4, -0.2) is 40.8 Å². The van der Waals surface area contributed by atoms with Crippen LogP contribution in [0.3, 0.4) is 0 Å². The van der Waals surface area contributed by atoms with Crippen LogP contribution in [-0.2, 0) is 16.7 Å². The number of hydrogen-bond acceptors (Lipinski definition) is 8. The van der Waals surface area contributed by atoms with Gasteiger partial charge in [-0.05, 0) is 68.6 Å². The molecule has 2 aromatic rings. The fourth-order valence-electron chi connectivity index (χ4n) is 6.31. The number of benzene rings is 2. The second kappa shape index (κ2) is 17.9. The van der Waals surface area contributed by atoms with E-state index in [0.29, 0.717) is 28.8 Å². The molecule has 0 aliphatic heterocycles. The second-order valence-corrected chi connectivity index (χ2v) is 14.6. The minimum absolute atomic E-state index is 0.135. The molecule has 0 radical (unpaired) electrons. The molecule has 256 valence electrons. The Bertz CT molecular complexity index is 1670. The average molecular weight is 665 g/mol. The van der Waals surface area contributed by atoms with Crippen molar-refractivity contribution in [2.24, 2.45) is 22.9 Å². The van der Waals surface area contributed by atoms with E-state index in [-0.39, 0.29) is 11.5 Å². The zero-order chi connectivity index (χ0) is 34.7. The fourth-order valence-corrected chi connectivity index (χ4v) is 6.94. The predicted octanol–water partition coefficient (Wildman–Crippen LogP) is 8.84. The first-order chi connectivity index (χ1) is 22.3. The van der Waals surface area contributed by atoms with Crippen LogP contribution in [0.1, 0.15) is 104 Å². The molecule has 10 heteroatoms. The Morgan fingerprint density at radius 3 is 2.21 bits per heavy atom. The van der Waals surface area contributed by atoms with Gasteiger partial charge < -0.3 is 5.11 Å². The van der Waals surface area contributed by atoms with Gasteiger partial charge in [-0.2, -0.15) is 13.5 Å². The minimum atomic E-state index is -2.95.